The maximum atomic E-state index is 11.4. The Labute approximate surface area is 139 Å². The van der Waals surface area contributed by atoms with Gasteiger partial charge in [-0.3, -0.25) is 0 Å². The van der Waals surface area contributed by atoms with Crippen LogP contribution in [0.3, 0.4) is 0 Å². The van der Waals surface area contributed by atoms with Crippen LogP contribution < -0.4 is 5.14 Å². The van der Waals surface area contributed by atoms with Gasteiger partial charge in [-0.25, -0.2) is 18.2 Å². The molecule has 0 spiro atoms. The molecule has 0 saturated carbocycles. The molecule has 0 saturated heterocycles. The van der Waals surface area contributed by atoms with Gasteiger partial charge in [0.15, 0.2) is 0 Å². The van der Waals surface area contributed by atoms with Crippen LogP contribution in [0.4, 0.5) is 0 Å². The Balaban J connectivity index is 2.12. The summed E-state index contributed by atoms with van der Waals surface area (Å²) in [6.07, 6.45) is 0. The van der Waals surface area contributed by atoms with Gasteiger partial charge >= 0.3 is 0 Å². The molecule has 3 N–H and O–H groups in total. The summed E-state index contributed by atoms with van der Waals surface area (Å²) < 4.78 is 24.3. The number of nitrogens with two attached hydrogens (primary N) is 1. The fraction of sp³-hybridized carbons (Fsp3) is 0.125. The molecule has 2 aromatic carbocycles. The number of aliphatic hydroxyl groups excluding tert-OH is 1. The Kier molecular flexibility index (Phi) is 4.18. The van der Waals surface area contributed by atoms with Gasteiger partial charge in [0, 0.05) is 5.56 Å². The molecular weight excluding hydrogens is 328 g/mol. The number of aryl methyl sites for hydroxylation is 1. The summed E-state index contributed by atoms with van der Waals surface area (Å²) in [6.45, 7) is 1.73. The van der Waals surface area contributed by atoms with Crippen molar-refractivity contribution in [3.05, 3.63) is 59.8 Å². The van der Waals surface area contributed by atoms with Crippen LogP contribution in [0, 0.1) is 6.92 Å². The Morgan fingerprint density at radius 1 is 1.08 bits per heavy atom. The second-order valence-corrected chi connectivity index (χ2v) is 6.92. The molecule has 1 heterocycles. The molecule has 0 unspecified atom stereocenters. The number of hydrogen-bond donors (Lipinski definition) is 2. The standard InChI is InChI=1S/C16H16N4O3S/c1-11-2-4-12(5-3-11)16-15(10-21)18-19-20(16)13-6-8-14(9-7-13)24(17,22)23/h2-9,21H,10H2,1H3,(H2,17,22,23). The van der Waals surface area contributed by atoms with Gasteiger partial charge in [0.25, 0.3) is 0 Å². The van der Waals surface area contributed by atoms with E-state index in [-0.39, 0.29) is 11.5 Å². The second kappa shape index (κ2) is 6.16. The van der Waals surface area contributed by atoms with E-state index in [0.717, 1.165) is 11.1 Å². The number of nitrogens with zero attached hydrogens (tertiary/aromatic N) is 3. The van der Waals surface area contributed by atoms with E-state index in [0.29, 0.717) is 17.1 Å². The average Bonchev–Trinajstić information content (AvgIpc) is 2.99. The minimum atomic E-state index is -3.75. The Morgan fingerprint density at radius 2 is 1.71 bits per heavy atom. The van der Waals surface area contributed by atoms with Crippen molar-refractivity contribution in [2.75, 3.05) is 0 Å². The van der Waals surface area contributed by atoms with Crippen LogP contribution in [-0.4, -0.2) is 28.5 Å². The average molecular weight is 344 g/mol. The highest BCUT2D eigenvalue weighted by Gasteiger charge is 2.16. The molecule has 1 aromatic heterocycles. The third-order valence-electron chi connectivity index (χ3n) is 3.62. The van der Waals surface area contributed by atoms with Gasteiger partial charge in [-0.05, 0) is 31.2 Å². The van der Waals surface area contributed by atoms with Crippen LogP contribution >= 0.6 is 0 Å². The topological polar surface area (TPSA) is 111 Å². The monoisotopic (exact) mass is 344 g/mol. The quantitative estimate of drug-likeness (QED) is 0.743. The summed E-state index contributed by atoms with van der Waals surface area (Å²) >= 11 is 0. The van der Waals surface area contributed by atoms with Crippen LogP contribution in [-0.2, 0) is 16.6 Å². The van der Waals surface area contributed by atoms with E-state index in [1.807, 2.05) is 31.2 Å². The highest BCUT2D eigenvalue weighted by Crippen LogP contribution is 2.26. The van der Waals surface area contributed by atoms with Crippen molar-refractivity contribution in [2.45, 2.75) is 18.4 Å². The molecule has 0 fully saturated rings. The molecule has 8 heteroatoms. The van der Waals surface area contributed by atoms with E-state index < -0.39 is 10.0 Å². The lowest BCUT2D eigenvalue weighted by Gasteiger charge is -2.09. The van der Waals surface area contributed by atoms with Crippen LogP contribution in [0.2, 0.25) is 0 Å². The highest BCUT2D eigenvalue weighted by molar-refractivity contribution is 7.89. The summed E-state index contributed by atoms with van der Waals surface area (Å²) in [6, 6.07) is 13.7. The minimum absolute atomic E-state index is 0.0191. The maximum Gasteiger partial charge on any atom is 0.238 e. The normalized spacial score (nSPS) is 11.6. The first-order valence-corrected chi connectivity index (χ1v) is 8.70. The number of benzene rings is 2. The molecule has 0 aliphatic rings. The van der Waals surface area contributed by atoms with Gasteiger partial charge in [0.05, 0.1) is 17.2 Å². The van der Waals surface area contributed by atoms with Crippen molar-refractivity contribution in [3.8, 4) is 16.9 Å². The lowest BCUT2D eigenvalue weighted by Crippen LogP contribution is -2.12. The lowest BCUT2D eigenvalue weighted by molar-refractivity contribution is 0.277. The molecule has 7 nitrogen and oxygen atoms in total. The summed E-state index contributed by atoms with van der Waals surface area (Å²) in [5.74, 6) is 0. The molecule has 0 bridgehead atoms. The van der Waals surface area contributed by atoms with Crippen molar-refractivity contribution < 1.29 is 13.5 Å². The predicted octanol–water partition coefficient (Wildman–Crippen LogP) is 1.38. The lowest BCUT2D eigenvalue weighted by atomic mass is 10.1. The predicted molar refractivity (Wildman–Crippen MR) is 88.8 cm³/mol. The Hall–Kier alpha value is -2.55. The number of hydrogen-bond acceptors (Lipinski definition) is 5. The van der Waals surface area contributed by atoms with E-state index in [1.54, 1.807) is 16.8 Å². The summed E-state index contributed by atoms with van der Waals surface area (Å²) in [5, 5.41) is 22.7. The van der Waals surface area contributed by atoms with Crippen molar-refractivity contribution in [3.63, 3.8) is 0 Å². The van der Waals surface area contributed by atoms with Crippen LogP contribution in [0.5, 0.6) is 0 Å². The van der Waals surface area contributed by atoms with Crippen LogP contribution in [0.15, 0.2) is 53.4 Å². The second-order valence-electron chi connectivity index (χ2n) is 5.36. The first kappa shape index (κ1) is 16.3. The van der Waals surface area contributed by atoms with E-state index >= 15 is 0 Å². The fourth-order valence-electron chi connectivity index (χ4n) is 2.38. The number of aliphatic hydroxyl groups is 1. The zero-order valence-corrected chi connectivity index (χ0v) is 13.7. The minimum Gasteiger partial charge on any atom is -0.390 e. The number of primary sulfonamides is 1. The van der Waals surface area contributed by atoms with Gasteiger partial charge in [0.2, 0.25) is 10.0 Å². The van der Waals surface area contributed by atoms with Gasteiger partial charge < -0.3 is 5.11 Å². The molecule has 24 heavy (non-hydrogen) atoms. The van der Waals surface area contributed by atoms with Gasteiger partial charge in [-0.2, -0.15) is 0 Å². The van der Waals surface area contributed by atoms with E-state index in [1.165, 1.54) is 12.1 Å². The first-order chi connectivity index (χ1) is 11.4. The van der Waals surface area contributed by atoms with Crippen LogP contribution in [0.25, 0.3) is 16.9 Å². The smallest absolute Gasteiger partial charge is 0.238 e. The molecule has 0 aliphatic carbocycles. The number of rotatable bonds is 4. The highest BCUT2D eigenvalue weighted by atomic mass is 32.2. The number of sulfonamides is 1. The van der Waals surface area contributed by atoms with E-state index in [4.69, 9.17) is 5.14 Å². The van der Waals surface area contributed by atoms with Crippen molar-refractivity contribution in [1.29, 1.82) is 0 Å². The summed E-state index contributed by atoms with van der Waals surface area (Å²) in [5.41, 5.74) is 3.67. The maximum absolute atomic E-state index is 11.4. The largest absolute Gasteiger partial charge is 0.390 e. The third kappa shape index (κ3) is 3.07. The van der Waals surface area contributed by atoms with Gasteiger partial charge in [-0.15, -0.1) is 5.10 Å². The van der Waals surface area contributed by atoms with Crippen molar-refractivity contribution in [2.24, 2.45) is 5.14 Å². The SMILES string of the molecule is Cc1ccc(-c2c(CO)nnn2-c2ccc(S(N)(=O)=O)cc2)cc1. The first-order valence-electron chi connectivity index (χ1n) is 7.16. The summed E-state index contributed by atoms with van der Waals surface area (Å²) in [7, 11) is -3.75. The molecule has 0 radical (unpaired) electrons. The zero-order valence-electron chi connectivity index (χ0n) is 12.9. The van der Waals surface area contributed by atoms with Gasteiger partial charge in [-0.1, -0.05) is 35.0 Å². The molecule has 124 valence electrons. The number of aromatic nitrogens is 3. The molecule has 0 atom stereocenters. The third-order valence-corrected chi connectivity index (χ3v) is 4.55. The molecule has 3 rings (SSSR count). The molecule has 0 aliphatic heterocycles. The fourth-order valence-corrected chi connectivity index (χ4v) is 2.89. The molecule has 0 amide bonds. The van der Waals surface area contributed by atoms with Crippen LogP contribution in [0.1, 0.15) is 11.3 Å². The van der Waals surface area contributed by atoms with Crippen molar-refractivity contribution >= 4 is 10.0 Å². The Bertz CT molecular complexity index is 962. The van der Waals surface area contributed by atoms with Crippen molar-refractivity contribution in [1.82, 2.24) is 15.0 Å². The Morgan fingerprint density at radius 3 is 2.25 bits per heavy atom. The van der Waals surface area contributed by atoms with Gasteiger partial charge in [0.1, 0.15) is 11.4 Å². The zero-order chi connectivity index (χ0) is 17.3. The van der Waals surface area contributed by atoms with E-state index in [2.05, 4.69) is 10.3 Å². The van der Waals surface area contributed by atoms with E-state index in [9.17, 15) is 13.5 Å². The molecule has 3 aromatic rings. The summed E-state index contributed by atoms with van der Waals surface area (Å²) in [4.78, 5) is 0.0191. The molecular formula is C16H16N4O3S.